The molecule has 1 aliphatic carbocycles. The van der Waals surface area contributed by atoms with Gasteiger partial charge in [-0.15, -0.1) is 0 Å². The second-order valence-corrected chi connectivity index (χ2v) is 7.25. The maximum Gasteiger partial charge on any atom is 0.0947 e. The van der Waals surface area contributed by atoms with Crippen molar-refractivity contribution in [3.63, 3.8) is 0 Å². The van der Waals surface area contributed by atoms with E-state index in [1.165, 1.54) is 12.0 Å². The van der Waals surface area contributed by atoms with Crippen LogP contribution in [-0.2, 0) is 12.0 Å². The summed E-state index contributed by atoms with van der Waals surface area (Å²) in [4.78, 5) is 0. The van der Waals surface area contributed by atoms with E-state index in [0.717, 1.165) is 31.2 Å². The summed E-state index contributed by atoms with van der Waals surface area (Å²) in [6.45, 7) is 8.90. The first-order chi connectivity index (χ1) is 8.85. The molecule has 1 heteroatoms. The highest BCUT2D eigenvalue weighted by molar-refractivity contribution is 5.30. The lowest BCUT2D eigenvalue weighted by atomic mass is 9.62. The van der Waals surface area contributed by atoms with Crippen LogP contribution in [0.4, 0.5) is 0 Å². The van der Waals surface area contributed by atoms with Crippen molar-refractivity contribution in [1.82, 2.24) is 0 Å². The minimum atomic E-state index is -0.655. The zero-order chi connectivity index (χ0) is 14.1. The Morgan fingerprint density at radius 1 is 1.16 bits per heavy atom. The number of aliphatic hydroxyl groups is 1. The fourth-order valence-corrected chi connectivity index (χ4v) is 3.45. The quantitative estimate of drug-likeness (QED) is 0.837. The number of rotatable bonds is 3. The van der Waals surface area contributed by atoms with Gasteiger partial charge in [0.05, 0.1) is 5.60 Å². The average Bonchev–Trinajstić information content (AvgIpc) is 2.32. The molecule has 0 radical (unpaired) electrons. The lowest BCUT2D eigenvalue weighted by Crippen LogP contribution is -2.44. The van der Waals surface area contributed by atoms with Gasteiger partial charge >= 0.3 is 0 Å². The third-order valence-corrected chi connectivity index (χ3v) is 4.76. The standard InChI is InChI=1S/C18H28O/c1-14(2)12-15-8-7-9-16(13-15)18(19)11-6-5-10-17(18,3)4/h7-9,13-14,19H,5-6,10-12H2,1-4H3. The lowest BCUT2D eigenvalue weighted by molar-refractivity contribution is -0.104. The van der Waals surface area contributed by atoms with Gasteiger partial charge in [0.25, 0.3) is 0 Å². The highest BCUT2D eigenvalue weighted by Crippen LogP contribution is 2.50. The highest BCUT2D eigenvalue weighted by atomic mass is 16.3. The topological polar surface area (TPSA) is 20.2 Å². The fourth-order valence-electron chi connectivity index (χ4n) is 3.45. The van der Waals surface area contributed by atoms with Crippen LogP contribution in [0, 0.1) is 11.3 Å². The molecule has 1 nitrogen and oxygen atoms in total. The van der Waals surface area contributed by atoms with Crippen molar-refractivity contribution in [2.45, 2.75) is 65.4 Å². The zero-order valence-corrected chi connectivity index (χ0v) is 12.9. The predicted molar refractivity (Wildman–Crippen MR) is 81.1 cm³/mol. The van der Waals surface area contributed by atoms with Crippen LogP contribution in [0.5, 0.6) is 0 Å². The lowest BCUT2D eigenvalue weighted by Gasteiger charge is -2.47. The molecule has 1 aliphatic rings. The Balaban J connectivity index is 2.34. The van der Waals surface area contributed by atoms with Crippen LogP contribution in [0.15, 0.2) is 24.3 Å². The Bertz CT molecular complexity index is 433. The van der Waals surface area contributed by atoms with Gasteiger partial charge in [0.15, 0.2) is 0 Å². The Labute approximate surface area is 118 Å². The van der Waals surface area contributed by atoms with E-state index in [4.69, 9.17) is 0 Å². The molecule has 19 heavy (non-hydrogen) atoms. The molecule has 1 N–H and O–H groups in total. The normalized spacial score (nSPS) is 26.6. The summed E-state index contributed by atoms with van der Waals surface area (Å²) >= 11 is 0. The molecular weight excluding hydrogens is 232 g/mol. The minimum absolute atomic E-state index is 0.0261. The monoisotopic (exact) mass is 260 g/mol. The summed E-state index contributed by atoms with van der Waals surface area (Å²) in [5.74, 6) is 0.657. The molecule has 2 rings (SSSR count). The molecule has 0 saturated heterocycles. The fraction of sp³-hybridized carbons (Fsp3) is 0.667. The Hall–Kier alpha value is -0.820. The van der Waals surface area contributed by atoms with E-state index in [0.29, 0.717) is 5.92 Å². The van der Waals surface area contributed by atoms with Crippen LogP contribution in [0.2, 0.25) is 0 Å². The van der Waals surface area contributed by atoms with Gasteiger partial charge in [-0.2, -0.15) is 0 Å². The van der Waals surface area contributed by atoms with Crippen molar-refractivity contribution in [2.75, 3.05) is 0 Å². The molecule has 0 bridgehead atoms. The summed E-state index contributed by atoms with van der Waals surface area (Å²) in [7, 11) is 0. The van der Waals surface area contributed by atoms with Crippen LogP contribution >= 0.6 is 0 Å². The summed E-state index contributed by atoms with van der Waals surface area (Å²) in [5.41, 5.74) is 1.79. The maximum absolute atomic E-state index is 11.2. The molecule has 0 aromatic heterocycles. The molecule has 1 unspecified atom stereocenters. The molecule has 1 fully saturated rings. The van der Waals surface area contributed by atoms with Crippen LogP contribution in [-0.4, -0.2) is 5.11 Å². The van der Waals surface area contributed by atoms with Crippen LogP contribution < -0.4 is 0 Å². The first-order valence-corrected chi connectivity index (χ1v) is 7.67. The van der Waals surface area contributed by atoms with Crippen molar-refractivity contribution < 1.29 is 5.11 Å². The van der Waals surface area contributed by atoms with E-state index in [2.05, 4.69) is 52.0 Å². The van der Waals surface area contributed by atoms with Crippen molar-refractivity contribution in [3.8, 4) is 0 Å². The third kappa shape index (κ3) is 2.86. The molecule has 0 amide bonds. The molecule has 1 saturated carbocycles. The van der Waals surface area contributed by atoms with Gasteiger partial charge in [-0.3, -0.25) is 0 Å². The maximum atomic E-state index is 11.2. The largest absolute Gasteiger partial charge is 0.385 e. The second kappa shape index (κ2) is 5.28. The minimum Gasteiger partial charge on any atom is -0.385 e. The molecule has 0 heterocycles. The summed E-state index contributed by atoms with van der Waals surface area (Å²) in [6, 6.07) is 8.63. The molecule has 1 aromatic carbocycles. The van der Waals surface area contributed by atoms with Gasteiger partial charge in [-0.25, -0.2) is 0 Å². The average molecular weight is 260 g/mol. The second-order valence-electron chi connectivity index (χ2n) is 7.25. The predicted octanol–water partition coefficient (Wildman–Crippen LogP) is 4.67. The van der Waals surface area contributed by atoms with Crippen molar-refractivity contribution in [2.24, 2.45) is 11.3 Å². The third-order valence-electron chi connectivity index (χ3n) is 4.76. The van der Waals surface area contributed by atoms with Gasteiger partial charge in [0.1, 0.15) is 0 Å². The SMILES string of the molecule is CC(C)Cc1cccc(C2(O)CCCCC2(C)C)c1. The molecule has 1 aromatic rings. The molecule has 0 aliphatic heterocycles. The highest BCUT2D eigenvalue weighted by Gasteiger charge is 2.46. The van der Waals surface area contributed by atoms with E-state index in [-0.39, 0.29) is 5.41 Å². The van der Waals surface area contributed by atoms with Crippen molar-refractivity contribution in [3.05, 3.63) is 35.4 Å². The molecule has 0 spiro atoms. The van der Waals surface area contributed by atoms with Gasteiger partial charge in [0.2, 0.25) is 0 Å². The molecule has 1 atom stereocenters. The van der Waals surface area contributed by atoms with Crippen LogP contribution in [0.3, 0.4) is 0 Å². The van der Waals surface area contributed by atoms with Crippen LogP contribution in [0.1, 0.15) is 64.5 Å². The van der Waals surface area contributed by atoms with Gasteiger partial charge in [0, 0.05) is 0 Å². The van der Waals surface area contributed by atoms with Gasteiger partial charge in [-0.1, -0.05) is 64.8 Å². The van der Waals surface area contributed by atoms with E-state index in [9.17, 15) is 5.11 Å². The number of hydrogen-bond acceptors (Lipinski definition) is 1. The summed E-state index contributed by atoms with van der Waals surface area (Å²) in [6.07, 6.45) is 5.46. The Morgan fingerprint density at radius 2 is 1.84 bits per heavy atom. The van der Waals surface area contributed by atoms with Gasteiger partial charge < -0.3 is 5.11 Å². The zero-order valence-electron chi connectivity index (χ0n) is 12.9. The van der Waals surface area contributed by atoms with Crippen molar-refractivity contribution >= 4 is 0 Å². The van der Waals surface area contributed by atoms with E-state index in [1.807, 2.05) is 0 Å². The molecule has 106 valence electrons. The van der Waals surface area contributed by atoms with E-state index in [1.54, 1.807) is 0 Å². The number of benzene rings is 1. The number of hydrogen-bond donors (Lipinski definition) is 1. The Kier molecular flexibility index (Phi) is 4.06. The first kappa shape index (κ1) is 14.6. The Morgan fingerprint density at radius 3 is 2.47 bits per heavy atom. The first-order valence-electron chi connectivity index (χ1n) is 7.67. The summed E-state index contributed by atoms with van der Waals surface area (Å²) in [5, 5.41) is 11.2. The van der Waals surface area contributed by atoms with Crippen molar-refractivity contribution in [1.29, 1.82) is 0 Å². The van der Waals surface area contributed by atoms with Crippen LogP contribution in [0.25, 0.3) is 0 Å². The van der Waals surface area contributed by atoms with Gasteiger partial charge in [-0.05, 0) is 41.7 Å². The van der Waals surface area contributed by atoms with E-state index < -0.39 is 5.60 Å². The molecular formula is C18H28O. The summed E-state index contributed by atoms with van der Waals surface area (Å²) < 4.78 is 0. The smallest absolute Gasteiger partial charge is 0.0947 e. The van der Waals surface area contributed by atoms with E-state index >= 15 is 0 Å².